The monoisotopic (exact) mass is 1570 g/mol. The van der Waals surface area contributed by atoms with E-state index in [1.165, 1.54) is 62.3 Å². The van der Waals surface area contributed by atoms with Gasteiger partial charge >= 0.3 is 53.9 Å². The molecule has 1 heterocycles. The molecule has 1 aromatic heterocycles. The average Bonchev–Trinajstić information content (AvgIpc) is 0.800. The SMILES string of the molecule is CC(C)(C)OC(=O)CC[C@@H](C(=O)OC(C)(C)C)N(C(=O)CC[C@H](NC(=O)CC[C@H](NC(=O)CC[C@H](NC(=O)CC[C@H](NC(=O)CC[C@H](N)C(=O)OC(C)(C)C)C(=O)OC(C)(C)C)C(=O)OC(C)(C)C)C(=O)OC(C)(C)C)C(=O)OC(C)(C)C)C(=O)c1ccc(N(CCCc2c(N)nc(N)[nH]c2=O)C(=O)C(F)(F)F)cc1. The molecule has 0 aliphatic rings. The minimum absolute atomic E-state index is 0.131. The summed E-state index contributed by atoms with van der Waals surface area (Å²) in [6, 6.07) is -5.77. The predicted octanol–water partition coefficient (Wildman–Crippen LogP) is 6.14. The van der Waals surface area contributed by atoms with E-state index in [9.17, 15) is 75.5 Å². The van der Waals surface area contributed by atoms with Crippen molar-refractivity contribution in [3.63, 3.8) is 0 Å². The van der Waals surface area contributed by atoms with Crippen LogP contribution in [0.25, 0.3) is 0 Å². The molecule has 0 saturated heterocycles. The lowest BCUT2D eigenvalue weighted by molar-refractivity contribution is -0.170. The number of H-pyrrole nitrogens is 1. The van der Waals surface area contributed by atoms with E-state index < -0.39 is 246 Å². The third-order valence-electron chi connectivity index (χ3n) is 14.4. The van der Waals surface area contributed by atoms with Gasteiger partial charge in [-0.15, -0.1) is 0 Å². The summed E-state index contributed by atoms with van der Waals surface area (Å²) < 4.78 is 81.3. The Kier molecular flexibility index (Phi) is 35.2. The molecular weight excluding hydrogens is 1450 g/mol. The smallest absolute Gasteiger partial charge is 0.460 e. The van der Waals surface area contributed by atoms with Crippen LogP contribution in [0, 0.1) is 0 Å². The number of amides is 7. The van der Waals surface area contributed by atoms with Crippen molar-refractivity contribution in [2.24, 2.45) is 5.73 Å². The van der Waals surface area contributed by atoms with Crippen LogP contribution < -0.4 is 48.9 Å². The number of carbonyl (C=O) groups excluding carboxylic acids is 14. The van der Waals surface area contributed by atoms with Gasteiger partial charge in [-0.1, -0.05) is 0 Å². The van der Waals surface area contributed by atoms with Crippen LogP contribution in [0.5, 0.6) is 0 Å². The number of anilines is 3. The second-order valence-electron chi connectivity index (χ2n) is 33.1. The van der Waals surface area contributed by atoms with Gasteiger partial charge in [-0.2, -0.15) is 18.2 Å². The fourth-order valence-electron chi connectivity index (χ4n) is 9.96. The number of ether oxygens (including phenoxy) is 7. The summed E-state index contributed by atoms with van der Waals surface area (Å²) in [5.41, 5.74) is 7.70. The van der Waals surface area contributed by atoms with E-state index >= 15 is 9.59 Å². The summed E-state index contributed by atoms with van der Waals surface area (Å²) in [5, 5.41) is 9.97. The summed E-state index contributed by atoms with van der Waals surface area (Å²) in [4.78, 5) is 212. The molecule has 0 spiro atoms. The third kappa shape index (κ3) is 37.6. The maximum Gasteiger partial charge on any atom is 0.471 e. The van der Waals surface area contributed by atoms with Gasteiger partial charge < -0.3 is 76.5 Å². The third-order valence-corrected chi connectivity index (χ3v) is 14.4. The van der Waals surface area contributed by atoms with E-state index in [1.807, 2.05) is 0 Å². The minimum Gasteiger partial charge on any atom is -0.460 e. The Labute approximate surface area is 639 Å². The van der Waals surface area contributed by atoms with Crippen LogP contribution in [0.1, 0.15) is 245 Å². The average molecular weight is 1570 g/mol. The lowest BCUT2D eigenvalue weighted by Gasteiger charge is -2.32. The molecule has 0 bridgehead atoms. The Morgan fingerprint density at radius 1 is 0.455 bits per heavy atom. The molecule has 0 aliphatic heterocycles. The molecule has 7 amide bonds. The molecule has 2 aromatic rings. The first kappa shape index (κ1) is 96.3. The van der Waals surface area contributed by atoms with Crippen LogP contribution in [0.3, 0.4) is 0 Å². The highest BCUT2D eigenvalue weighted by Crippen LogP contribution is 2.28. The summed E-state index contributed by atoms with van der Waals surface area (Å²) >= 11 is 0. The van der Waals surface area contributed by atoms with Gasteiger partial charge in [0, 0.05) is 56.3 Å². The predicted molar refractivity (Wildman–Crippen MR) is 394 cm³/mol. The molecule has 618 valence electrons. The Hall–Kier alpha value is -9.77. The molecule has 36 heteroatoms. The molecule has 0 saturated carbocycles. The van der Waals surface area contributed by atoms with Crippen LogP contribution in [0.2, 0.25) is 0 Å². The number of esters is 7. The molecule has 2 rings (SSSR count). The van der Waals surface area contributed by atoms with Crippen molar-refractivity contribution < 1.29 is 113 Å². The van der Waals surface area contributed by atoms with Gasteiger partial charge in [0.1, 0.15) is 81.3 Å². The standard InChI is InChI=1S/C74H114F3N11O22/c1-67(2,3)104-55(94)39-33-49(64(102)110-73(19,20)21)88(58(96)41-24-26-42(27-25-41)87(65(103)74(75,76)77)40-22-23-43-56(79)85-66(80)86-57(43)95)54(93)38-32-48(63(101)109-72(16,17)18)84-53(92)37-31-47(62(100)108-71(13,14)15)83-52(91)36-30-46(61(99)107-70(10,11)12)82-51(90)35-29-45(60(98)106-69(7,8)9)81-50(89)34-28-44(78)59(97)105-68(4,5)6/h24-27,44-49H,22-23,28-40,78H2,1-21H3,(H,81,89)(H,82,90)(H,83,91)(H,84,92)(H5,79,80,85,86,95)/t44-,45-,46-,47-,48-,49-/m0/s1. The highest BCUT2D eigenvalue weighted by Gasteiger charge is 2.44. The topological polar surface area (TPSA) is 482 Å². The number of aromatic amines is 1. The van der Waals surface area contributed by atoms with Crippen molar-refractivity contribution in [2.75, 3.05) is 22.9 Å². The molecular formula is C74H114F3N11O22. The number of imide groups is 1. The maximum absolute atomic E-state index is 15.0. The van der Waals surface area contributed by atoms with Gasteiger partial charge in [0.05, 0.1) is 5.56 Å². The number of nitrogens with one attached hydrogen (secondary N) is 5. The van der Waals surface area contributed by atoms with Gasteiger partial charge in [0.25, 0.3) is 11.5 Å². The number of nitrogens with two attached hydrogens (primary N) is 3. The van der Waals surface area contributed by atoms with E-state index in [0.29, 0.717) is 9.80 Å². The zero-order valence-corrected chi connectivity index (χ0v) is 67.1. The largest absolute Gasteiger partial charge is 0.471 e. The van der Waals surface area contributed by atoms with E-state index in [2.05, 4.69) is 31.2 Å². The van der Waals surface area contributed by atoms with Gasteiger partial charge in [-0.25, -0.2) is 24.0 Å². The molecule has 11 N–H and O–H groups in total. The van der Waals surface area contributed by atoms with Crippen LogP contribution >= 0.6 is 0 Å². The first-order valence-electron chi connectivity index (χ1n) is 35.9. The number of carbonyl (C=O) groups is 14. The number of halogens is 3. The maximum atomic E-state index is 15.0. The van der Waals surface area contributed by atoms with Crippen LogP contribution in [0.4, 0.5) is 30.6 Å². The lowest BCUT2D eigenvalue weighted by Crippen LogP contribution is -2.51. The van der Waals surface area contributed by atoms with Crippen LogP contribution in [0.15, 0.2) is 29.1 Å². The van der Waals surface area contributed by atoms with E-state index in [4.69, 9.17) is 50.4 Å². The summed E-state index contributed by atoms with van der Waals surface area (Å²) in [6.45, 7) is 31.6. The van der Waals surface area contributed by atoms with E-state index in [0.717, 1.165) is 24.3 Å². The first-order valence-corrected chi connectivity index (χ1v) is 35.9. The normalized spacial score (nSPS) is 13.9. The van der Waals surface area contributed by atoms with Crippen LogP contribution in [-0.2, 0) is 102 Å². The summed E-state index contributed by atoms with van der Waals surface area (Å²) in [7, 11) is 0. The number of nitrogen functional groups attached to an aromatic ring is 2. The molecule has 110 heavy (non-hydrogen) atoms. The molecule has 6 atom stereocenters. The highest BCUT2D eigenvalue weighted by atomic mass is 19.4. The zero-order valence-electron chi connectivity index (χ0n) is 67.1. The lowest BCUT2D eigenvalue weighted by atomic mass is 10.0. The molecule has 0 fully saturated rings. The number of hydrogen-bond acceptors (Lipinski definition) is 26. The van der Waals surface area contributed by atoms with Gasteiger partial charge in [-0.3, -0.25) is 57.8 Å². The highest BCUT2D eigenvalue weighted by molar-refractivity contribution is 6.08. The van der Waals surface area contributed by atoms with E-state index in [1.54, 1.807) is 83.1 Å². The fraction of sp³-hybridized carbons (Fsp3) is 0.676. The second-order valence-corrected chi connectivity index (χ2v) is 33.1. The Balaban J connectivity index is 2.62. The number of aromatic nitrogens is 2. The fourth-order valence-corrected chi connectivity index (χ4v) is 9.96. The van der Waals surface area contributed by atoms with Crippen molar-refractivity contribution in [1.29, 1.82) is 0 Å². The van der Waals surface area contributed by atoms with Gasteiger partial charge in [-0.05, 0) is 221 Å². The Morgan fingerprint density at radius 2 is 0.791 bits per heavy atom. The molecule has 1 aromatic carbocycles. The summed E-state index contributed by atoms with van der Waals surface area (Å²) in [5.74, 6) is -15.9. The van der Waals surface area contributed by atoms with Crippen LogP contribution in [-0.4, -0.2) is 186 Å². The van der Waals surface area contributed by atoms with Gasteiger partial charge in [0.2, 0.25) is 35.5 Å². The van der Waals surface area contributed by atoms with E-state index in [-0.39, 0.29) is 49.4 Å². The van der Waals surface area contributed by atoms with Crippen molar-refractivity contribution in [3.05, 3.63) is 45.7 Å². The Bertz CT molecular complexity index is 3660. The van der Waals surface area contributed by atoms with Crippen molar-refractivity contribution in [3.8, 4) is 0 Å². The first-order chi connectivity index (χ1) is 49.9. The molecule has 0 unspecified atom stereocenters. The number of rotatable bonds is 35. The number of hydrogen-bond donors (Lipinski definition) is 8. The van der Waals surface area contributed by atoms with Gasteiger partial charge in [0.15, 0.2) is 0 Å². The zero-order chi connectivity index (χ0) is 84.8. The number of alkyl halides is 3. The van der Waals surface area contributed by atoms with Crippen molar-refractivity contribution in [2.45, 2.75) is 317 Å². The molecule has 0 aliphatic carbocycles. The number of benzene rings is 1. The second kappa shape index (κ2) is 40.3. The van der Waals surface area contributed by atoms with Crippen molar-refractivity contribution in [1.82, 2.24) is 36.1 Å². The van der Waals surface area contributed by atoms with Crippen molar-refractivity contribution >= 4 is 101 Å². The number of nitrogens with zero attached hydrogens (tertiary/aromatic N) is 3. The molecule has 33 nitrogen and oxygen atoms in total. The summed E-state index contributed by atoms with van der Waals surface area (Å²) in [6.07, 6.45) is -12.5. The Morgan fingerprint density at radius 3 is 1.14 bits per heavy atom. The minimum atomic E-state index is -5.45. The quantitative estimate of drug-likeness (QED) is 0.0284. The molecule has 0 radical (unpaired) electrons.